The fourth-order valence-electron chi connectivity index (χ4n) is 2.37. The van der Waals surface area contributed by atoms with Gasteiger partial charge in [-0.15, -0.1) is 0 Å². The molecule has 29 heavy (non-hydrogen) atoms. The molecule has 3 aromatic carbocycles. The van der Waals surface area contributed by atoms with Crippen molar-refractivity contribution in [3.63, 3.8) is 0 Å². The number of carbonyl (C=O) groups excluding carboxylic acids is 1. The molecule has 0 spiro atoms. The average molecular weight is 405 g/mol. The highest BCUT2D eigenvalue weighted by Crippen LogP contribution is 2.25. The molecule has 0 aromatic heterocycles. The van der Waals surface area contributed by atoms with Crippen molar-refractivity contribution in [1.29, 1.82) is 5.26 Å². The second kappa shape index (κ2) is 9.31. The molecule has 0 radical (unpaired) electrons. The number of nitrogens with one attached hydrogen (secondary N) is 2. The van der Waals surface area contributed by atoms with E-state index in [-0.39, 0.29) is 10.6 Å². The lowest BCUT2D eigenvalue weighted by Crippen LogP contribution is -2.15. The molecular formula is C22H17ClN4O2. The number of nitriles is 1. The molecule has 3 rings (SSSR count). The summed E-state index contributed by atoms with van der Waals surface area (Å²) in [6, 6.07) is 23.1. The van der Waals surface area contributed by atoms with E-state index in [1.165, 1.54) is 12.3 Å². The molecule has 0 atom stereocenters. The standard InChI is InChI=1S/C22H17ClN4O2/c23-20-12-16(25)6-11-21(20)27-22(28)15(13-24)14-26-17-7-9-19(10-8-17)29-18-4-2-1-3-5-18/h1-12,14,26H,25H2,(H,27,28)/b15-14-. The maximum Gasteiger partial charge on any atom is 0.267 e. The fourth-order valence-corrected chi connectivity index (χ4v) is 2.61. The van der Waals surface area contributed by atoms with E-state index in [0.717, 1.165) is 5.75 Å². The Morgan fingerprint density at radius 1 is 1.03 bits per heavy atom. The van der Waals surface area contributed by atoms with Gasteiger partial charge < -0.3 is 21.1 Å². The van der Waals surface area contributed by atoms with Crippen molar-refractivity contribution < 1.29 is 9.53 Å². The second-order valence-corrected chi connectivity index (χ2v) is 6.35. The Kier molecular flexibility index (Phi) is 6.36. The molecule has 0 heterocycles. The van der Waals surface area contributed by atoms with E-state index in [1.807, 2.05) is 36.4 Å². The van der Waals surface area contributed by atoms with Gasteiger partial charge in [0.05, 0.1) is 10.7 Å². The van der Waals surface area contributed by atoms with Crippen LogP contribution in [0.4, 0.5) is 17.1 Å². The zero-order valence-electron chi connectivity index (χ0n) is 15.2. The van der Waals surface area contributed by atoms with Crippen LogP contribution < -0.4 is 21.1 Å². The lowest BCUT2D eigenvalue weighted by molar-refractivity contribution is -0.112. The summed E-state index contributed by atoms with van der Waals surface area (Å²) in [5, 5.41) is 15.1. The van der Waals surface area contributed by atoms with Crippen LogP contribution in [0.25, 0.3) is 0 Å². The predicted molar refractivity (Wildman–Crippen MR) is 115 cm³/mol. The number of benzene rings is 3. The lowest BCUT2D eigenvalue weighted by atomic mass is 10.2. The van der Waals surface area contributed by atoms with Gasteiger partial charge >= 0.3 is 0 Å². The lowest BCUT2D eigenvalue weighted by Gasteiger charge is -2.08. The number of amides is 1. The number of rotatable bonds is 6. The Balaban J connectivity index is 1.63. The van der Waals surface area contributed by atoms with Crippen molar-refractivity contribution in [2.24, 2.45) is 0 Å². The van der Waals surface area contributed by atoms with Gasteiger partial charge in [0.1, 0.15) is 23.1 Å². The quantitative estimate of drug-likeness (QED) is 0.299. The van der Waals surface area contributed by atoms with Crippen LogP contribution in [0.5, 0.6) is 11.5 Å². The Labute approximate surface area is 173 Å². The Hall–Kier alpha value is -3.95. The van der Waals surface area contributed by atoms with Crippen LogP contribution in [0, 0.1) is 11.3 Å². The van der Waals surface area contributed by atoms with Crippen LogP contribution in [0.15, 0.2) is 84.6 Å². The van der Waals surface area contributed by atoms with Crippen molar-refractivity contribution in [2.75, 3.05) is 16.4 Å². The van der Waals surface area contributed by atoms with E-state index in [1.54, 1.807) is 36.4 Å². The third-order valence-corrected chi connectivity index (χ3v) is 4.14. The van der Waals surface area contributed by atoms with Crippen molar-refractivity contribution in [1.82, 2.24) is 0 Å². The largest absolute Gasteiger partial charge is 0.457 e. The third kappa shape index (κ3) is 5.51. The average Bonchev–Trinajstić information content (AvgIpc) is 2.72. The van der Waals surface area contributed by atoms with Gasteiger partial charge in [-0.3, -0.25) is 4.79 Å². The number of nitrogens with zero attached hydrogens (tertiary/aromatic N) is 1. The summed E-state index contributed by atoms with van der Waals surface area (Å²) in [5.74, 6) is 0.815. The zero-order valence-corrected chi connectivity index (χ0v) is 16.0. The molecule has 0 unspecified atom stereocenters. The normalized spacial score (nSPS) is 10.7. The molecule has 1 amide bonds. The van der Waals surface area contributed by atoms with Gasteiger partial charge in [0.2, 0.25) is 0 Å². The molecule has 4 N–H and O–H groups in total. The summed E-state index contributed by atoms with van der Waals surface area (Å²) in [6.07, 6.45) is 1.33. The number of anilines is 3. The van der Waals surface area contributed by atoms with Gasteiger partial charge in [0, 0.05) is 17.6 Å². The van der Waals surface area contributed by atoms with Crippen molar-refractivity contribution in [3.8, 4) is 17.6 Å². The minimum Gasteiger partial charge on any atom is -0.457 e. The summed E-state index contributed by atoms with van der Waals surface area (Å²) < 4.78 is 5.72. The third-order valence-electron chi connectivity index (χ3n) is 3.82. The van der Waals surface area contributed by atoms with Crippen LogP contribution in [0.2, 0.25) is 5.02 Å². The van der Waals surface area contributed by atoms with Gasteiger partial charge in [0.25, 0.3) is 5.91 Å². The number of hydrogen-bond donors (Lipinski definition) is 3. The maximum atomic E-state index is 12.3. The molecular weight excluding hydrogens is 388 g/mol. The van der Waals surface area contributed by atoms with E-state index in [2.05, 4.69) is 10.6 Å². The first-order valence-electron chi connectivity index (χ1n) is 8.61. The molecule has 0 aliphatic carbocycles. The smallest absolute Gasteiger partial charge is 0.267 e. The number of halogens is 1. The number of carbonyl (C=O) groups is 1. The number of hydrogen-bond acceptors (Lipinski definition) is 5. The van der Waals surface area contributed by atoms with E-state index in [0.29, 0.717) is 22.8 Å². The van der Waals surface area contributed by atoms with Crippen LogP contribution in [0.1, 0.15) is 0 Å². The van der Waals surface area contributed by atoms with E-state index in [4.69, 9.17) is 22.1 Å². The first kappa shape index (κ1) is 19.8. The van der Waals surface area contributed by atoms with Gasteiger partial charge in [-0.2, -0.15) is 5.26 Å². The maximum absolute atomic E-state index is 12.3. The first-order chi connectivity index (χ1) is 14.0. The molecule has 0 bridgehead atoms. The SMILES string of the molecule is N#C/C(=C/Nc1ccc(Oc2ccccc2)cc1)C(=O)Nc1ccc(N)cc1Cl. The second-order valence-electron chi connectivity index (χ2n) is 5.95. The Bertz CT molecular complexity index is 1070. The van der Waals surface area contributed by atoms with Crippen LogP contribution >= 0.6 is 11.6 Å². The molecule has 0 aliphatic heterocycles. The molecule has 0 aliphatic rings. The summed E-state index contributed by atoms with van der Waals surface area (Å²) in [6.45, 7) is 0. The summed E-state index contributed by atoms with van der Waals surface area (Å²) in [4.78, 5) is 12.3. The number of nitrogen functional groups attached to an aromatic ring is 1. The molecule has 7 heteroatoms. The molecule has 144 valence electrons. The van der Waals surface area contributed by atoms with Crippen molar-refractivity contribution in [2.45, 2.75) is 0 Å². The van der Waals surface area contributed by atoms with Crippen molar-refractivity contribution >= 4 is 34.6 Å². The first-order valence-corrected chi connectivity index (χ1v) is 8.99. The summed E-state index contributed by atoms with van der Waals surface area (Å²) in [7, 11) is 0. The number of nitrogens with two attached hydrogens (primary N) is 1. The van der Waals surface area contributed by atoms with Gasteiger partial charge in [-0.05, 0) is 54.6 Å². The van der Waals surface area contributed by atoms with Gasteiger partial charge in [-0.25, -0.2) is 0 Å². The van der Waals surface area contributed by atoms with E-state index in [9.17, 15) is 10.1 Å². The van der Waals surface area contributed by atoms with Gasteiger partial charge in [-0.1, -0.05) is 29.8 Å². The number of para-hydroxylation sites is 1. The summed E-state index contributed by atoms with van der Waals surface area (Å²) in [5.41, 5.74) is 7.06. The van der Waals surface area contributed by atoms with E-state index >= 15 is 0 Å². The Morgan fingerprint density at radius 3 is 2.38 bits per heavy atom. The Morgan fingerprint density at radius 2 is 1.72 bits per heavy atom. The zero-order chi connectivity index (χ0) is 20.6. The fraction of sp³-hybridized carbons (Fsp3) is 0. The minimum atomic E-state index is -0.587. The highest BCUT2D eigenvalue weighted by Gasteiger charge is 2.11. The highest BCUT2D eigenvalue weighted by atomic mass is 35.5. The molecule has 3 aromatic rings. The van der Waals surface area contributed by atoms with Crippen LogP contribution in [-0.2, 0) is 4.79 Å². The summed E-state index contributed by atoms with van der Waals surface area (Å²) >= 11 is 6.04. The molecule has 6 nitrogen and oxygen atoms in total. The van der Waals surface area contributed by atoms with Crippen LogP contribution in [-0.4, -0.2) is 5.91 Å². The predicted octanol–water partition coefficient (Wildman–Crippen LogP) is 5.17. The topological polar surface area (TPSA) is 100 Å². The monoisotopic (exact) mass is 404 g/mol. The van der Waals surface area contributed by atoms with Crippen LogP contribution in [0.3, 0.4) is 0 Å². The molecule has 0 fully saturated rings. The minimum absolute atomic E-state index is 0.109. The van der Waals surface area contributed by atoms with Gasteiger partial charge in [0.15, 0.2) is 0 Å². The highest BCUT2D eigenvalue weighted by molar-refractivity contribution is 6.34. The number of ether oxygens (including phenoxy) is 1. The van der Waals surface area contributed by atoms with Crippen molar-refractivity contribution in [3.05, 3.63) is 89.6 Å². The molecule has 0 saturated heterocycles. The molecule has 0 saturated carbocycles. The van der Waals surface area contributed by atoms with E-state index < -0.39 is 5.91 Å².